The molecule has 0 heterocycles. The van der Waals surface area contributed by atoms with Crippen LogP contribution in [0.4, 0.5) is 0 Å². The van der Waals surface area contributed by atoms with Crippen molar-refractivity contribution < 1.29 is 20.1 Å². The lowest BCUT2D eigenvalue weighted by Gasteiger charge is -2.06. The number of carbonyl (C=O) groups is 1. The smallest absolute Gasteiger partial charge is 0.159 e. The van der Waals surface area contributed by atoms with Gasteiger partial charge in [0.1, 0.15) is 5.60 Å². The van der Waals surface area contributed by atoms with Crippen molar-refractivity contribution in [2.24, 2.45) is 5.41 Å². The predicted octanol–water partition coefficient (Wildman–Crippen LogP) is -1.32. The Labute approximate surface area is 64.5 Å². The van der Waals surface area contributed by atoms with Crippen LogP contribution in [0.2, 0.25) is 0 Å². The lowest BCUT2D eigenvalue weighted by Crippen LogP contribution is -2.30. The second-order valence-corrected chi connectivity index (χ2v) is 3.53. The fourth-order valence-corrected chi connectivity index (χ4v) is 1.52. The zero-order valence-electron chi connectivity index (χ0n) is 6.53. The third-order valence-corrected chi connectivity index (χ3v) is 2.95. The van der Waals surface area contributed by atoms with Gasteiger partial charge >= 0.3 is 0 Å². The molecular weight excluding hydrogens is 148 g/mol. The van der Waals surface area contributed by atoms with E-state index >= 15 is 0 Å². The van der Waals surface area contributed by atoms with Crippen LogP contribution >= 0.6 is 0 Å². The third kappa shape index (κ3) is 0.583. The minimum Gasteiger partial charge on any atom is -0.393 e. The molecule has 4 heteroatoms. The summed E-state index contributed by atoms with van der Waals surface area (Å²) in [5, 5.41) is 27.6. The van der Waals surface area contributed by atoms with Crippen LogP contribution in [0.15, 0.2) is 0 Å². The summed E-state index contributed by atoms with van der Waals surface area (Å²) in [4.78, 5) is 10.4. The van der Waals surface area contributed by atoms with Gasteiger partial charge in [-0.25, -0.2) is 0 Å². The summed E-state index contributed by atoms with van der Waals surface area (Å²) in [5.41, 5.74) is -4.40. The van der Waals surface area contributed by atoms with E-state index in [2.05, 4.69) is 0 Å². The van der Waals surface area contributed by atoms with Crippen molar-refractivity contribution in [3.8, 4) is 0 Å². The Morgan fingerprint density at radius 1 is 1.36 bits per heavy atom. The summed E-state index contributed by atoms with van der Waals surface area (Å²) in [6.45, 7) is 2.45. The highest BCUT2D eigenvalue weighted by atomic mass is 16.4. The Morgan fingerprint density at radius 2 is 1.82 bits per heavy atom. The summed E-state index contributed by atoms with van der Waals surface area (Å²) < 4.78 is 0. The maximum absolute atomic E-state index is 10.4. The van der Waals surface area contributed by atoms with Crippen molar-refractivity contribution >= 4 is 6.29 Å². The SMILES string of the molecule is CC1(C)[C@](O)(C=O)[C@]1(O)CO. The molecule has 0 radical (unpaired) electrons. The van der Waals surface area contributed by atoms with Crippen molar-refractivity contribution in [3.63, 3.8) is 0 Å². The molecule has 1 rings (SSSR count). The molecule has 0 amide bonds. The van der Waals surface area contributed by atoms with Gasteiger partial charge in [-0.05, 0) is 0 Å². The molecule has 1 aliphatic carbocycles. The van der Waals surface area contributed by atoms with Crippen molar-refractivity contribution in [3.05, 3.63) is 0 Å². The van der Waals surface area contributed by atoms with Crippen LogP contribution in [0, 0.1) is 5.41 Å². The Kier molecular flexibility index (Phi) is 1.44. The predicted molar refractivity (Wildman–Crippen MR) is 36.8 cm³/mol. The van der Waals surface area contributed by atoms with Gasteiger partial charge in [-0.15, -0.1) is 0 Å². The zero-order valence-corrected chi connectivity index (χ0v) is 6.53. The van der Waals surface area contributed by atoms with E-state index < -0.39 is 23.2 Å². The topological polar surface area (TPSA) is 77.8 Å². The summed E-state index contributed by atoms with van der Waals surface area (Å²) in [7, 11) is 0. The van der Waals surface area contributed by atoms with Gasteiger partial charge in [-0.1, -0.05) is 13.8 Å². The number of aldehydes is 1. The maximum Gasteiger partial charge on any atom is 0.159 e. The number of aliphatic hydroxyl groups is 3. The van der Waals surface area contributed by atoms with Crippen LogP contribution in [-0.4, -0.2) is 39.4 Å². The molecule has 0 aromatic rings. The van der Waals surface area contributed by atoms with Gasteiger partial charge in [0, 0.05) is 5.41 Å². The Morgan fingerprint density at radius 3 is 1.91 bits per heavy atom. The van der Waals surface area contributed by atoms with Gasteiger partial charge in [0.2, 0.25) is 0 Å². The fourth-order valence-electron chi connectivity index (χ4n) is 1.52. The number of aliphatic hydroxyl groups excluding tert-OH is 1. The molecule has 0 aromatic heterocycles. The zero-order chi connectivity index (χ0) is 8.91. The highest BCUT2D eigenvalue weighted by Gasteiger charge is 2.82. The van der Waals surface area contributed by atoms with E-state index in [1.807, 2.05) is 0 Å². The maximum atomic E-state index is 10.4. The van der Waals surface area contributed by atoms with E-state index in [4.69, 9.17) is 5.11 Å². The molecule has 0 aliphatic heterocycles. The van der Waals surface area contributed by atoms with E-state index in [1.54, 1.807) is 0 Å². The van der Waals surface area contributed by atoms with Crippen LogP contribution in [0.1, 0.15) is 13.8 Å². The molecule has 1 saturated carbocycles. The van der Waals surface area contributed by atoms with Crippen molar-refractivity contribution in [1.29, 1.82) is 0 Å². The first-order valence-electron chi connectivity index (χ1n) is 3.39. The molecule has 0 unspecified atom stereocenters. The molecule has 11 heavy (non-hydrogen) atoms. The number of rotatable bonds is 2. The van der Waals surface area contributed by atoms with E-state index in [9.17, 15) is 15.0 Å². The van der Waals surface area contributed by atoms with Crippen molar-refractivity contribution in [1.82, 2.24) is 0 Å². The largest absolute Gasteiger partial charge is 0.393 e. The molecular formula is C7H12O4. The second kappa shape index (κ2) is 1.83. The molecule has 64 valence electrons. The highest BCUT2D eigenvalue weighted by molar-refractivity contribution is 5.75. The molecule has 1 fully saturated rings. The van der Waals surface area contributed by atoms with E-state index in [-0.39, 0.29) is 6.29 Å². The average molecular weight is 160 g/mol. The van der Waals surface area contributed by atoms with Crippen LogP contribution < -0.4 is 0 Å². The number of hydrogen-bond acceptors (Lipinski definition) is 4. The number of hydrogen-bond donors (Lipinski definition) is 3. The first kappa shape index (κ1) is 8.64. The monoisotopic (exact) mass is 160 g/mol. The van der Waals surface area contributed by atoms with E-state index in [0.717, 1.165) is 0 Å². The van der Waals surface area contributed by atoms with Crippen molar-refractivity contribution in [2.75, 3.05) is 6.61 Å². The van der Waals surface area contributed by atoms with Gasteiger partial charge in [0.15, 0.2) is 11.9 Å². The fraction of sp³-hybridized carbons (Fsp3) is 0.857. The molecule has 0 saturated heterocycles. The Balaban J connectivity index is 3.00. The summed E-state index contributed by atoms with van der Waals surface area (Å²) >= 11 is 0. The van der Waals surface area contributed by atoms with Gasteiger partial charge in [-0.2, -0.15) is 0 Å². The first-order valence-corrected chi connectivity index (χ1v) is 3.39. The van der Waals surface area contributed by atoms with Crippen LogP contribution in [-0.2, 0) is 4.79 Å². The lowest BCUT2D eigenvalue weighted by molar-refractivity contribution is -0.122. The summed E-state index contributed by atoms with van der Waals surface area (Å²) in [5.74, 6) is 0. The Hall–Kier alpha value is -0.450. The number of carbonyl (C=O) groups excluding carboxylic acids is 1. The molecule has 1 aliphatic rings. The average Bonchev–Trinajstić information content (AvgIpc) is 2.32. The van der Waals surface area contributed by atoms with Gasteiger partial charge < -0.3 is 15.3 Å². The van der Waals surface area contributed by atoms with Crippen molar-refractivity contribution in [2.45, 2.75) is 25.0 Å². The molecule has 0 bridgehead atoms. The van der Waals surface area contributed by atoms with Gasteiger partial charge in [-0.3, -0.25) is 4.79 Å². The first-order chi connectivity index (χ1) is 4.87. The standard InChI is InChI=1S/C7H12O4/c1-5(2)6(10,3-8)7(5,11)4-9/h3,9-11H,4H2,1-2H3/t6-,7+/m1/s1. The molecule has 0 aromatic carbocycles. The quantitative estimate of drug-likeness (QED) is 0.438. The van der Waals surface area contributed by atoms with E-state index in [0.29, 0.717) is 0 Å². The minimum absolute atomic E-state index is 0.281. The Bertz CT molecular complexity index is 201. The molecule has 0 spiro atoms. The highest BCUT2D eigenvalue weighted by Crippen LogP contribution is 2.63. The van der Waals surface area contributed by atoms with Crippen LogP contribution in [0.5, 0.6) is 0 Å². The van der Waals surface area contributed by atoms with Crippen LogP contribution in [0.25, 0.3) is 0 Å². The minimum atomic E-state index is -1.78. The lowest BCUT2D eigenvalue weighted by atomic mass is 10.1. The third-order valence-electron chi connectivity index (χ3n) is 2.95. The van der Waals surface area contributed by atoms with Gasteiger partial charge in [0.05, 0.1) is 6.61 Å². The van der Waals surface area contributed by atoms with E-state index in [1.165, 1.54) is 13.8 Å². The molecule has 2 atom stereocenters. The normalized spacial score (nSPS) is 47.0. The summed E-state index contributed by atoms with van der Waals surface area (Å²) in [6, 6.07) is 0. The second-order valence-electron chi connectivity index (χ2n) is 3.53. The van der Waals surface area contributed by atoms with Gasteiger partial charge in [0.25, 0.3) is 0 Å². The summed E-state index contributed by atoms with van der Waals surface area (Å²) in [6.07, 6.45) is 0.281. The van der Waals surface area contributed by atoms with Crippen LogP contribution in [0.3, 0.4) is 0 Å². The molecule has 3 N–H and O–H groups in total. The molecule has 4 nitrogen and oxygen atoms in total.